The molecule has 0 amide bonds. The molecule has 0 bridgehead atoms. The lowest BCUT2D eigenvalue weighted by Gasteiger charge is -2.33. The second-order valence-electron chi connectivity index (χ2n) is 9.32. The first-order valence-corrected chi connectivity index (χ1v) is 14.5. The fraction of sp³-hybridized carbons (Fsp3) is 0.600. The molecular formula is C25H37N7O5S. The van der Waals surface area contributed by atoms with Crippen LogP contribution >= 0.6 is 0 Å². The summed E-state index contributed by atoms with van der Waals surface area (Å²) in [4.78, 5) is 27.2. The van der Waals surface area contributed by atoms with Gasteiger partial charge >= 0.3 is 0 Å². The molecular weight excluding hydrogens is 510 g/mol. The number of aryl methyl sites for hydroxylation is 1. The van der Waals surface area contributed by atoms with Crippen LogP contribution in [-0.2, 0) is 21.2 Å². The van der Waals surface area contributed by atoms with Crippen molar-refractivity contribution in [3.05, 3.63) is 28.3 Å². The van der Waals surface area contributed by atoms with E-state index < -0.39 is 15.6 Å². The van der Waals surface area contributed by atoms with Gasteiger partial charge in [-0.05, 0) is 32.4 Å². The summed E-state index contributed by atoms with van der Waals surface area (Å²) in [5.74, 6) is 0.334. The van der Waals surface area contributed by atoms with Crippen molar-refractivity contribution in [2.45, 2.75) is 51.5 Å². The van der Waals surface area contributed by atoms with Gasteiger partial charge in [0.25, 0.3) is 5.56 Å². The molecule has 38 heavy (non-hydrogen) atoms. The lowest BCUT2D eigenvalue weighted by atomic mass is 10.2. The fourth-order valence-corrected chi connectivity index (χ4v) is 5.94. The van der Waals surface area contributed by atoms with Gasteiger partial charge in [0.2, 0.25) is 15.9 Å². The smallest absolute Gasteiger partial charge is 0.279 e. The average Bonchev–Trinajstić information content (AvgIpc) is 3.32. The Kier molecular flexibility index (Phi) is 8.81. The second-order valence-corrected chi connectivity index (χ2v) is 11.3. The van der Waals surface area contributed by atoms with Gasteiger partial charge in [-0.2, -0.15) is 9.40 Å². The van der Waals surface area contributed by atoms with Crippen LogP contribution in [-0.4, -0.2) is 95.4 Å². The van der Waals surface area contributed by atoms with Crippen LogP contribution in [0.15, 0.2) is 22.0 Å². The number of sulfonamides is 1. The van der Waals surface area contributed by atoms with Crippen LogP contribution in [0.5, 0.6) is 5.88 Å². The Morgan fingerprint density at radius 3 is 2.47 bits per heavy atom. The molecule has 0 radical (unpaired) electrons. The van der Waals surface area contributed by atoms with Crippen LogP contribution in [0.1, 0.15) is 45.9 Å². The first-order chi connectivity index (χ1) is 18.2. The molecule has 3 aromatic heterocycles. The highest BCUT2D eigenvalue weighted by molar-refractivity contribution is 7.89. The number of likely N-dealkylation sites (N-methyl/N-ethyl adjacent to an activating group) is 1. The molecule has 1 aliphatic heterocycles. The van der Waals surface area contributed by atoms with Crippen LogP contribution < -0.4 is 10.3 Å². The van der Waals surface area contributed by atoms with Gasteiger partial charge in [-0.15, -0.1) is 0 Å². The van der Waals surface area contributed by atoms with Gasteiger partial charge in [-0.25, -0.2) is 18.4 Å². The van der Waals surface area contributed by atoms with E-state index in [1.807, 2.05) is 18.5 Å². The normalized spacial score (nSPS) is 16.2. The number of pyridine rings is 1. The van der Waals surface area contributed by atoms with Gasteiger partial charge in [0, 0.05) is 39.3 Å². The minimum absolute atomic E-state index is 0.0188. The van der Waals surface area contributed by atoms with Crippen molar-refractivity contribution in [2.75, 3.05) is 53.0 Å². The number of piperazine rings is 1. The van der Waals surface area contributed by atoms with Crippen molar-refractivity contribution in [3.63, 3.8) is 0 Å². The number of nitrogens with one attached hydrogen (secondary N) is 1. The Morgan fingerprint density at radius 2 is 1.84 bits per heavy atom. The van der Waals surface area contributed by atoms with E-state index in [0.29, 0.717) is 44.7 Å². The third kappa shape index (κ3) is 5.46. The van der Waals surface area contributed by atoms with Crippen LogP contribution in [0, 0.1) is 0 Å². The maximum Gasteiger partial charge on any atom is 0.279 e. The third-order valence-corrected chi connectivity index (χ3v) is 8.88. The predicted molar refractivity (Wildman–Crippen MR) is 144 cm³/mol. The molecule has 0 saturated carbocycles. The summed E-state index contributed by atoms with van der Waals surface area (Å²) >= 11 is 0. The molecule has 4 rings (SSSR count). The number of methoxy groups -OCH3 is 1. The maximum atomic E-state index is 13.5. The molecule has 0 unspecified atom stereocenters. The summed E-state index contributed by atoms with van der Waals surface area (Å²) in [6.45, 7) is 11.7. The van der Waals surface area contributed by atoms with Crippen molar-refractivity contribution in [1.82, 2.24) is 33.9 Å². The van der Waals surface area contributed by atoms with Crippen LogP contribution in [0.3, 0.4) is 0 Å². The van der Waals surface area contributed by atoms with Crippen molar-refractivity contribution in [3.8, 4) is 17.3 Å². The van der Waals surface area contributed by atoms with E-state index in [9.17, 15) is 13.2 Å². The zero-order chi connectivity index (χ0) is 27.4. The minimum Gasteiger partial charge on any atom is -0.475 e. The van der Waals surface area contributed by atoms with E-state index >= 15 is 0 Å². The van der Waals surface area contributed by atoms with E-state index in [1.54, 1.807) is 7.11 Å². The highest BCUT2D eigenvalue weighted by Crippen LogP contribution is 2.31. The standard InChI is InChI=1S/C25H37N7O5S/c1-6-17(4)32-20(7-2)21-22(29-32)24(33)28-23(27-21)19-15-18(16-26-25(19)37-14-13-36-5)38(34,35)31-11-9-30(8-3)10-12-31/h15-17H,6-14H2,1-5H3,(H,27,28,33)/t17-/m1/s1. The Bertz CT molecular complexity index is 1430. The predicted octanol–water partition coefficient (Wildman–Crippen LogP) is 2.07. The van der Waals surface area contributed by atoms with E-state index in [1.165, 1.54) is 16.6 Å². The first kappa shape index (κ1) is 28.1. The zero-order valence-corrected chi connectivity index (χ0v) is 23.5. The van der Waals surface area contributed by atoms with Crippen molar-refractivity contribution in [2.24, 2.45) is 0 Å². The lowest BCUT2D eigenvalue weighted by molar-refractivity contribution is 0.144. The number of hydrogen-bond donors (Lipinski definition) is 1. The number of ether oxygens (including phenoxy) is 2. The molecule has 1 fully saturated rings. The number of nitrogens with zero attached hydrogens (tertiary/aromatic N) is 6. The van der Waals surface area contributed by atoms with Crippen LogP contribution in [0.2, 0.25) is 0 Å². The Labute approximate surface area is 223 Å². The Morgan fingerprint density at radius 1 is 1.11 bits per heavy atom. The van der Waals surface area contributed by atoms with Gasteiger partial charge < -0.3 is 19.4 Å². The minimum atomic E-state index is -3.81. The monoisotopic (exact) mass is 547 g/mol. The number of aromatic nitrogens is 5. The largest absolute Gasteiger partial charge is 0.475 e. The Hall–Kier alpha value is -2.87. The molecule has 4 heterocycles. The second kappa shape index (κ2) is 11.9. The number of H-pyrrole nitrogens is 1. The van der Waals surface area contributed by atoms with Crippen LogP contribution in [0.4, 0.5) is 0 Å². The van der Waals surface area contributed by atoms with Gasteiger partial charge in [-0.3, -0.25) is 9.48 Å². The molecule has 0 aromatic carbocycles. The van der Waals surface area contributed by atoms with Gasteiger partial charge in [0.15, 0.2) is 5.52 Å². The van der Waals surface area contributed by atoms with Crippen molar-refractivity contribution in [1.29, 1.82) is 0 Å². The third-order valence-electron chi connectivity index (χ3n) is 7.02. The maximum absolute atomic E-state index is 13.5. The first-order valence-electron chi connectivity index (χ1n) is 13.1. The van der Waals surface area contributed by atoms with Crippen molar-refractivity contribution >= 4 is 21.1 Å². The molecule has 12 nitrogen and oxygen atoms in total. The molecule has 1 atom stereocenters. The number of hydrogen-bond acceptors (Lipinski definition) is 9. The fourth-order valence-electron chi connectivity index (χ4n) is 4.55. The quantitative estimate of drug-likeness (QED) is 0.358. The van der Waals surface area contributed by atoms with Gasteiger partial charge in [0.05, 0.1) is 24.1 Å². The van der Waals surface area contributed by atoms with E-state index in [4.69, 9.17) is 14.5 Å². The SMILES string of the molecule is CCc1c2nc(-c3cc(S(=O)(=O)N4CCN(CC)CC4)cnc3OCCOC)[nH]c(=O)c2nn1[C@H](C)CC. The topological polar surface area (TPSA) is 136 Å². The summed E-state index contributed by atoms with van der Waals surface area (Å²) in [5.41, 5.74) is 1.45. The molecule has 1 aliphatic rings. The molecule has 3 aromatic rings. The summed E-state index contributed by atoms with van der Waals surface area (Å²) in [7, 11) is -2.26. The molecule has 208 valence electrons. The summed E-state index contributed by atoms with van der Waals surface area (Å²) in [6, 6.07) is 1.57. The molecule has 13 heteroatoms. The highest BCUT2D eigenvalue weighted by atomic mass is 32.2. The van der Waals surface area contributed by atoms with E-state index in [-0.39, 0.29) is 40.3 Å². The Balaban J connectivity index is 1.83. The zero-order valence-electron chi connectivity index (χ0n) is 22.7. The average molecular weight is 548 g/mol. The van der Waals surface area contributed by atoms with Crippen molar-refractivity contribution < 1.29 is 17.9 Å². The van der Waals surface area contributed by atoms with E-state index in [2.05, 4.69) is 33.8 Å². The molecule has 1 saturated heterocycles. The number of aromatic amines is 1. The molecule has 1 N–H and O–H groups in total. The lowest BCUT2D eigenvalue weighted by Crippen LogP contribution is -2.48. The number of fused-ring (bicyclic) bond motifs is 1. The summed E-state index contributed by atoms with van der Waals surface area (Å²) in [5, 5.41) is 4.54. The summed E-state index contributed by atoms with van der Waals surface area (Å²) in [6.07, 6.45) is 2.77. The summed E-state index contributed by atoms with van der Waals surface area (Å²) < 4.78 is 41.3. The van der Waals surface area contributed by atoms with E-state index in [0.717, 1.165) is 18.7 Å². The van der Waals surface area contributed by atoms with Gasteiger partial charge in [0.1, 0.15) is 22.8 Å². The molecule has 0 aliphatic carbocycles. The van der Waals surface area contributed by atoms with Crippen LogP contribution in [0.25, 0.3) is 22.4 Å². The van der Waals surface area contributed by atoms with Gasteiger partial charge in [-0.1, -0.05) is 20.8 Å². The number of rotatable bonds is 11. The highest BCUT2D eigenvalue weighted by Gasteiger charge is 2.30. The molecule has 0 spiro atoms.